The third-order valence-electron chi connectivity index (χ3n) is 3.61. The van der Waals surface area contributed by atoms with Gasteiger partial charge >= 0.3 is 0 Å². The van der Waals surface area contributed by atoms with Crippen molar-refractivity contribution in [3.8, 4) is 0 Å². The molecule has 0 aliphatic carbocycles. The van der Waals surface area contributed by atoms with Crippen molar-refractivity contribution in [3.05, 3.63) is 24.3 Å². The number of nitrogens with two attached hydrogens (primary N) is 1. The van der Waals surface area contributed by atoms with E-state index in [1.165, 1.54) is 12.8 Å². The zero-order valence-corrected chi connectivity index (χ0v) is 10.5. The Bertz CT molecular complexity index is 529. The van der Waals surface area contributed by atoms with Crippen molar-refractivity contribution in [3.63, 3.8) is 0 Å². The number of aryl methyl sites for hydroxylation is 1. The Balaban J connectivity index is 1.67. The molecule has 2 N–H and O–H groups in total. The Morgan fingerprint density at radius 2 is 2.28 bits per heavy atom. The number of nitrogen functional groups attached to an aromatic ring is 1. The number of para-hydroxylation sites is 1. The van der Waals surface area contributed by atoms with Gasteiger partial charge in [0.2, 0.25) is 0 Å². The van der Waals surface area contributed by atoms with Gasteiger partial charge in [-0.3, -0.25) is 4.68 Å². The molecule has 1 saturated heterocycles. The number of hydrogen-bond acceptors (Lipinski definition) is 3. The molecule has 4 heteroatoms. The minimum absolute atomic E-state index is 0.462. The summed E-state index contributed by atoms with van der Waals surface area (Å²) in [5.74, 6) is 0.628. The van der Waals surface area contributed by atoms with Crippen molar-refractivity contribution in [2.45, 2.75) is 38.3 Å². The molecule has 1 aromatic carbocycles. The van der Waals surface area contributed by atoms with Gasteiger partial charge in [0.1, 0.15) is 0 Å². The van der Waals surface area contributed by atoms with Crippen LogP contribution in [0, 0.1) is 0 Å². The average Bonchev–Trinajstić information content (AvgIpc) is 3.00. The number of hydrogen-bond donors (Lipinski definition) is 1. The summed E-state index contributed by atoms with van der Waals surface area (Å²) in [4.78, 5) is 0. The largest absolute Gasteiger partial charge is 0.382 e. The van der Waals surface area contributed by atoms with Crippen molar-refractivity contribution < 1.29 is 4.74 Å². The van der Waals surface area contributed by atoms with E-state index in [4.69, 9.17) is 10.5 Å². The lowest BCUT2D eigenvalue weighted by Gasteiger charge is -2.09. The molecular formula is C14H19N3O. The molecule has 0 amide bonds. The van der Waals surface area contributed by atoms with E-state index in [2.05, 4.69) is 11.2 Å². The molecule has 1 aliphatic heterocycles. The Morgan fingerprint density at radius 3 is 3.11 bits per heavy atom. The second kappa shape index (κ2) is 4.98. The molecular weight excluding hydrogens is 226 g/mol. The lowest BCUT2D eigenvalue weighted by atomic mass is 10.1. The van der Waals surface area contributed by atoms with Gasteiger partial charge in [-0.25, -0.2) is 0 Å². The zero-order valence-electron chi connectivity index (χ0n) is 10.5. The van der Waals surface area contributed by atoms with Crippen LogP contribution < -0.4 is 5.73 Å². The van der Waals surface area contributed by atoms with Crippen molar-refractivity contribution in [1.82, 2.24) is 9.78 Å². The molecule has 1 atom stereocenters. The number of nitrogens with zero attached hydrogens (tertiary/aromatic N) is 2. The number of fused-ring (bicyclic) bond motifs is 1. The number of aromatic nitrogens is 2. The molecule has 0 spiro atoms. The maximum Gasteiger partial charge on any atom is 0.153 e. The van der Waals surface area contributed by atoms with Crippen molar-refractivity contribution in [2.24, 2.45) is 0 Å². The smallest absolute Gasteiger partial charge is 0.153 e. The number of rotatable bonds is 4. The molecule has 3 rings (SSSR count). The molecule has 4 nitrogen and oxygen atoms in total. The SMILES string of the molecule is Nc1nn(CCCC2CCCO2)c2ccccc12. The van der Waals surface area contributed by atoms with E-state index in [0.717, 1.165) is 36.9 Å². The second-order valence-corrected chi connectivity index (χ2v) is 4.90. The topological polar surface area (TPSA) is 53.1 Å². The monoisotopic (exact) mass is 245 g/mol. The summed E-state index contributed by atoms with van der Waals surface area (Å²) in [5, 5.41) is 5.46. The van der Waals surface area contributed by atoms with Crippen molar-refractivity contribution >= 4 is 16.7 Å². The van der Waals surface area contributed by atoms with Gasteiger partial charge in [-0.2, -0.15) is 5.10 Å². The summed E-state index contributed by atoms with van der Waals surface area (Å²) < 4.78 is 7.64. The fraction of sp³-hybridized carbons (Fsp3) is 0.500. The van der Waals surface area contributed by atoms with E-state index in [9.17, 15) is 0 Å². The maximum absolute atomic E-state index is 5.91. The van der Waals surface area contributed by atoms with Crippen LogP contribution in [0.4, 0.5) is 5.82 Å². The molecule has 0 saturated carbocycles. The summed E-state index contributed by atoms with van der Waals surface area (Å²) in [7, 11) is 0. The van der Waals surface area contributed by atoms with Crippen LogP contribution in [-0.2, 0) is 11.3 Å². The molecule has 2 heterocycles. The quantitative estimate of drug-likeness (QED) is 0.900. The predicted molar refractivity (Wildman–Crippen MR) is 72.4 cm³/mol. The highest BCUT2D eigenvalue weighted by Crippen LogP contribution is 2.21. The third kappa shape index (κ3) is 2.20. The van der Waals surface area contributed by atoms with Crippen LogP contribution in [0.15, 0.2) is 24.3 Å². The van der Waals surface area contributed by atoms with Gasteiger partial charge < -0.3 is 10.5 Å². The molecule has 1 unspecified atom stereocenters. The number of benzene rings is 1. The van der Waals surface area contributed by atoms with Crippen LogP contribution in [-0.4, -0.2) is 22.5 Å². The molecule has 18 heavy (non-hydrogen) atoms. The first-order chi connectivity index (χ1) is 8.84. The second-order valence-electron chi connectivity index (χ2n) is 4.90. The third-order valence-corrected chi connectivity index (χ3v) is 3.61. The Labute approximate surface area is 107 Å². The Kier molecular flexibility index (Phi) is 3.19. The summed E-state index contributed by atoms with van der Waals surface area (Å²) in [6.45, 7) is 1.85. The molecule has 0 radical (unpaired) electrons. The molecule has 2 aromatic rings. The van der Waals surface area contributed by atoms with Crippen LogP contribution in [0.2, 0.25) is 0 Å². The van der Waals surface area contributed by atoms with Gasteiger partial charge in [-0.1, -0.05) is 12.1 Å². The summed E-state index contributed by atoms with van der Waals surface area (Å²) >= 11 is 0. The van der Waals surface area contributed by atoms with Gasteiger partial charge in [-0.05, 0) is 37.8 Å². The van der Waals surface area contributed by atoms with Gasteiger partial charge in [-0.15, -0.1) is 0 Å². The molecule has 1 aromatic heterocycles. The maximum atomic E-state index is 5.91. The Morgan fingerprint density at radius 1 is 1.39 bits per heavy atom. The van der Waals surface area contributed by atoms with Gasteiger partial charge in [0.15, 0.2) is 5.82 Å². The van der Waals surface area contributed by atoms with Crippen LogP contribution in [0.1, 0.15) is 25.7 Å². The average molecular weight is 245 g/mol. The molecule has 96 valence electrons. The van der Waals surface area contributed by atoms with E-state index < -0.39 is 0 Å². The summed E-state index contributed by atoms with van der Waals surface area (Å²) in [6, 6.07) is 8.12. The lowest BCUT2D eigenvalue weighted by Crippen LogP contribution is -2.08. The number of anilines is 1. The minimum Gasteiger partial charge on any atom is -0.382 e. The highest BCUT2D eigenvalue weighted by atomic mass is 16.5. The van der Waals surface area contributed by atoms with Crippen LogP contribution in [0.25, 0.3) is 10.9 Å². The van der Waals surface area contributed by atoms with Crippen LogP contribution >= 0.6 is 0 Å². The fourth-order valence-electron chi connectivity index (χ4n) is 2.66. The first-order valence-corrected chi connectivity index (χ1v) is 6.67. The van der Waals surface area contributed by atoms with Gasteiger partial charge in [0.05, 0.1) is 11.6 Å². The van der Waals surface area contributed by atoms with E-state index >= 15 is 0 Å². The highest BCUT2D eigenvalue weighted by Gasteiger charge is 2.15. The van der Waals surface area contributed by atoms with Crippen molar-refractivity contribution in [1.29, 1.82) is 0 Å². The first kappa shape index (κ1) is 11.5. The normalized spacial score (nSPS) is 19.7. The standard InChI is InChI=1S/C14H19N3O/c15-14-12-7-1-2-8-13(12)17(16-14)9-3-5-11-6-4-10-18-11/h1-2,7-8,11H,3-6,9-10H2,(H2,15,16). The van der Waals surface area contributed by atoms with Crippen LogP contribution in [0.5, 0.6) is 0 Å². The summed E-state index contributed by atoms with van der Waals surface area (Å²) in [6.07, 6.45) is 5.10. The minimum atomic E-state index is 0.462. The molecule has 1 aliphatic rings. The van der Waals surface area contributed by atoms with Crippen LogP contribution in [0.3, 0.4) is 0 Å². The summed E-state index contributed by atoms with van der Waals surface area (Å²) in [5.41, 5.74) is 7.04. The van der Waals surface area contributed by atoms with E-state index in [1.54, 1.807) is 0 Å². The lowest BCUT2D eigenvalue weighted by molar-refractivity contribution is 0.101. The zero-order chi connectivity index (χ0) is 12.4. The molecule has 1 fully saturated rings. The molecule has 0 bridgehead atoms. The Hall–Kier alpha value is -1.55. The van der Waals surface area contributed by atoms with E-state index in [1.807, 2.05) is 22.9 Å². The van der Waals surface area contributed by atoms with E-state index in [-0.39, 0.29) is 0 Å². The predicted octanol–water partition coefficient (Wildman–Crippen LogP) is 2.58. The van der Waals surface area contributed by atoms with E-state index in [0.29, 0.717) is 11.9 Å². The van der Waals surface area contributed by atoms with Gasteiger partial charge in [0, 0.05) is 18.5 Å². The van der Waals surface area contributed by atoms with Crippen molar-refractivity contribution in [2.75, 3.05) is 12.3 Å². The van der Waals surface area contributed by atoms with Gasteiger partial charge in [0.25, 0.3) is 0 Å². The fourth-order valence-corrected chi connectivity index (χ4v) is 2.66. The first-order valence-electron chi connectivity index (χ1n) is 6.67. The number of ether oxygens (including phenoxy) is 1. The highest BCUT2D eigenvalue weighted by molar-refractivity contribution is 5.88.